The Morgan fingerprint density at radius 1 is 1.03 bits per heavy atom. The Labute approximate surface area is 212 Å². The molecule has 0 saturated heterocycles. The summed E-state index contributed by atoms with van der Waals surface area (Å²) in [5.74, 6) is 1.06. The number of nitrogens with one attached hydrogen (secondary N) is 1. The van der Waals surface area contributed by atoms with Crippen molar-refractivity contribution in [3.8, 4) is 5.75 Å². The van der Waals surface area contributed by atoms with Gasteiger partial charge >= 0.3 is 0 Å². The van der Waals surface area contributed by atoms with E-state index < -0.39 is 5.91 Å². The summed E-state index contributed by atoms with van der Waals surface area (Å²) in [6.07, 6.45) is 1.58. The summed E-state index contributed by atoms with van der Waals surface area (Å²) in [5, 5.41) is 8.27. The second kappa shape index (κ2) is 10.2. The molecule has 4 rings (SSSR count). The first-order chi connectivity index (χ1) is 15.4. The fourth-order valence-corrected chi connectivity index (χ4v) is 3.91. The van der Waals surface area contributed by atoms with Crippen molar-refractivity contribution in [2.24, 2.45) is 0 Å². The molecule has 0 atom stereocenters. The van der Waals surface area contributed by atoms with E-state index in [-0.39, 0.29) is 23.2 Å². The van der Waals surface area contributed by atoms with Gasteiger partial charge in [0.15, 0.2) is 11.6 Å². The molecule has 2 aromatic carbocycles. The van der Waals surface area contributed by atoms with Crippen molar-refractivity contribution >= 4 is 69.1 Å². The Balaban J connectivity index is 1.39. The van der Waals surface area contributed by atoms with E-state index in [2.05, 4.69) is 33.0 Å². The minimum absolute atomic E-state index is 0.117. The average Bonchev–Trinajstić information content (AvgIpc) is 3.37. The average molecular weight is 603 g/mol. The highest BCUT2D eigenvalue weighted by molar-refractivity contribution is 14.1. The number of anilines is 1. The van der Waals surface area contributed by atoms with Gasteiger partial charge in [0.05, 0.1) is 6.54 Å². The first-order valence-corrected chi connectivity index (χ1v) is 11.5. The second-order valence-corrected chi connectivity index (χ2v) is 9.15. The third-order valence-electron chi connectivity index (χ3n) is 4.41. The van der Waals surface area contributed by atoms with Gasteiger partial charge in [-0.1, -0.05) is 40.9 Å². The Bertz CT molecular complexity index is 1230. The first-order valence-electron chi connectivity index (χ1n) is 9.33. The van der Waals surface area contributed by atoms with Crippen LogP contribution in [-0.2, 0) is 13.2 Å². The van der Waals surface area contributed by atoms with Crippen LogP contribution in [0.15, 0.2) is 65.2 Å². The number of amides is 1. The number of aromatic nitrogens is 2. The normalized spacial score (nSPS) is 10.9. The Morgan fingerprint density at radius 2 is 1.75 bits per heavy atom. The van der Waals surface area contributed by atoms with Crippen LogP contribution in [0.5, 0.6) is 5.75 Å². The minimum atomic E-state index is -0.478. The molecule has 0 fully saturated rings. The minimum Gasteiger partial charge on any atom is -0.486 e. The zero-order chi connectivity index (χ0) is 22.7. The Kier molecular flexibility index (Phi) is 7.30. The van der Waals surface area contributed by atoms with Crippen LogP contribution < -0.4 is 10.1 Å². The molecule has 1 N–H and O–H groups in total. The maximum atomic E-state index is 12.6. The van der Waals surface area contributed by atoms with Gasteiger partial charge in [0.1, 0.15) is 23.1 Å². The zero-order valence-electron chi connectivity index (χ0n) is 16.3. The van der Waals surface area contributed by atoms with E-state index in [4.69, 9.17) is 44.0 Å². The van der Waals surface area contributed by atoms with Crippen molar-refractivity contribution < 1.29 is 13.9 Å². The molecule has 0 aliphatic carbocycles. The van der Waals surface area contributed by atoms with Crippen molar-refractivity contribution in [2.75, 3.05) is 5.32 Å². The first kappa shape index (κ1) is 23.0. The quantitative estimate of drug-likeness (QED) is 0.233. The molecule has 32 heavy (non-hydrogen) atoms. The van der Waals surface area contributed by atoms with Crippen molar-refractivity contribution in [3.63, 3.8) is 0 Å². The molecule has 4 aromatic rings. The lowest BCUT2D eigenvalue weighted by molar-refractivity contribution is 0.0992. The SMILES string of the molecule is O=C(Nc1nn(Cc2c(Cl)cccc2Cl)cc1Cl)c1ccc(COc2ccc(I)cc2)o1. The highest BCUT2D eigenvalue weighted by Gasteiger charge is 2.17. The monoisotopic (exact) mass is 601 g/mol. The second-order valence-electron chi connectivity index (χ2n) is 6.69. The van der Waals surface area contributed by atoms with Gasteiger partial charge in [-0.2, -0.15) is 5.10 Å². The molecule has 2 aromatic heterocycles. The number of ether oxygens (including phenoxy) is 1. The van der Waals surface area contributed by atoms with E-state index in [1.54, 1.807) is 41.2 Å². The predicted molar refractivity (Wildman–Crippen MR) is 133 cm³/mol. The summed E-state index contributed by atoms with van der Waals surface area (Å²) < 4.78 is 13.9. The van der Waals surface area contributed by atoms with Crippen LogP contribution in [0.2, 0.25) is 15.1 Å². The maximum Gasteiger partial charge on any atom is 0.292 e. The van der Waals surface area contributed by atoms with Gasteiger partial charge in [-0.05, 0) is 71.1 Å². The van der Waals surface area contributed by atoms with E-state index in [1.165, 1.54) is 0 Å². The zero-order valence-corrected chi connectivity index (χ0v) is 20.7. The van der Waals surface area contributed by atoms with Gasteiger partial charge in [-0.25, -0.2) is 0 Å². The predicted octanol–water partition coefficient (Wildman–Crippen LogP) is 6.92. The number of furan rings is 1. The number of nitrogens with zero attached hydrogens (tertiary/aromatic N) is 2. The number of halogens is 4. The van der Waals surface area contributed by atoms with Crippen molar-refractivity contribution in [1.82, 2.24) is 9.78 Å². The van der Waals surface area contributed by atoms with Gasteiger partial charge in [-0.3, -0.25) is 9.48 Å². The van der Waals surface area contributed by atoms with E-state index in [0.29, 0.717) is 33.7 Å². The van der Waals surface area contributed by atoms with Crippen LogP contribution in [0, 0.1) is 3.57 Å². The third kappa shape index (κ3) is 5.58. The largest absolute Gasteiger partial charge is 0.486 e. The van der Waals surface area contributed by atoms with Crippen LogP contribution in [0.3, 0.4) is 0 Å². The van der Waals surface area contributed by atoms with Gasteiger partial charge in [0, 0.05) is 25.4 Å². The van der Waals surface area contributed by atoms with E-state index in [1.807, 2.05) is 24.3 Å². The molecule has 0 saturated carbocycles. The molecule has 10 heteroatoms. The van der Waals surface area contributed by atoms with Crippen LogP contribution in [-0.4, -0.2) is 15.7 Å². The highest BCUT2D eigenvalue weighted by atomic mass is 127. The number of hydrogen-bond donors (Lipinski definition) is 1. The van der Waals surface area contributed by atoms with E-state index >= 15 is 0 Å². The topological polar surface area (TPSA) is 69.3 Å². The highest BCUT2D eigenvalue weighted by Crippen LogP contribution is 2.27. The lowest BCUT2D eigenvalue weighted by Gasteiger charge is -2.06. The number of rotatable bonds is 7. The standard InChI is InChI=1S/C22H15Cl3IN3O3/c23-17-2-1-3-18(24)16(17)10-29-11-19(25)21(28-29)27-22(30)20-9-8-15(32-20)12-31-14-6-4-13(26)5-7-14/h1-9,11H,10,12H2,(H,27,28,30). The summed E-state index contributed by atoms with van der Waals surface area (Å²) in [6, 6.07) is 16.1. The molecule has 0 bridgehead atoms. The number of carbonyl (C=O) groups is 1. The molecular weight excluding hydrogens is 588 g/mol. The van der Waals surface area contributed by atoms with Gasteiger partial charge in [0.25, 0.3) is 5.91 Å². The Morgan fingerprint density at radius 3 is 2.47 bits per heavy atom. The summed E-state index contributed by atoms with van der Waals surface area (Å²) in [5.41, 5.74) is 0.705. The molecular formula is C22H15Cl3IN3O3. The molecule has 0 unspecified atom stereocenters. The van der Waals surface area contributed by atoms with Gasteiger partial charge < -0.3 is 14.5 Å². The van der Waals surface area contributed by atoms with Crippen LogP contribution in [0.25, 0.3) is 0 Å². The molecule has 0 radical (unpaired) electrons. The molecule has 0 aliphatic rings. The van der Waals surface area contributed by atoms with E-state index in [9.17, 15) is 4.79 Å². The van der Waals surface area contributed by atoms with Crippen LogP contribution in [0.4, 0.5) is 5.82 Å². The fourth-order valence-electron chi connectivity index (χ4n) is 2.84. The molecule has 1 amide bonds. The van der Waals surface area contributed by atoms with Crippen LogP contribution >= 0.6 is 57.4 Å². The number of hydrogen-bond acceptors (Lipinski definition) is 4. The fraction of sp³-hybridized carbons (Fsp3) is 0.0909. The smallest absolute Gasteiger partial charge is 0.292 e. The molecule has 6 nitrogen and oxygen atoms in total. The molecule has 2 heterocycles. The molecule has 164 valence electrons. The number of benzene rings is 2. The maximum absolute atomic E-state index is 12.6. The summed E-state index contributed by atoms with van der Waals surface area (Å²) in [4.78, 5) is 12.6. The molecule has 0 aliphatic heterocycles. The summed E-state index contributed by atoms with van der Waals surface area (Å²) in [6.45, 7) is 0.497. The third-order valence-corrected chi connectivity index (χ3v) is 6.11. The van der Waals surface area contributed by atoms with Crippen molar-refractivity contribution in [1.29, 1.82) is 0 Å². The van der Waals surface area contributed by atoms with Crippen molar-refractivity contribution in [2.45, 2.75) is 13.2 Å². The summed E-state index contributed by atoms with van der Waals surface area (Å²) in [7, 11) is 0. The van der Waals surface area contributed by atoms with Gasteiger partial charge in [0.2, 0.25) is 0 Å². The molecule has 0 spiro atoms. The lowest BCUT2D eigenvalue weighted by atomic mass is 10.2. The Hall–Kier alpha value is -2.20. The van der Waals surface area contributed by atoms with E-state index in [0.717, 1.165) is 3.57 Å². The van der Waals surface area contributed by atoms with Crippen molar-refractivity contribution in [3.05, 3.63) is 96.5 Å². The summed E-state index contributed by atoms with van der Waals surface area (Å²) >= 11 is 20.9. The van der Waals surface area contributed by atoms with Crippen LogP contribution in [0.1, 0.15) is 21.9 Å². The lowest BCUT2D eigenvalue weighted by Crippen LogP contribution is -2.12. The van der Waals surface area contributed by atoms with Gasteiger partial charge in [-0.15, -0.1) is 0 Å². The number of carbonyl (C=O) groups excluding carboxylic acids is 1.